The number of carbonyl (C=O) groups excluding carboxylic acids is 1. The standard InChI is InChI=1S/C15H25N3O5S/c1-4-17(5-2)24(20,21)18-9-7-16(8-10-18)12-14-13(6-11-23-14)15(19)22-3/h6,11H,4-5,7-10,12H2,1-3H3. The molecule has 1 aromatic rings. The van der Waals surface area contributed by atoms with E-state index in [1.807, 2.05) is 13.8 Å². The van der Waals surface area contributed by atoms with Crippen LogP contribution in [0.5, 0.6) is 0 Å². The van der Waals surface area contributed by atoms with E-state index in [0.717, 1.165) is 0 Å². The van der Waals surface area contributed by atoms with Crippen LogP contribution in [-0.4, -0.2) is 74.3 Å². The lowest BCUT2D eigenvalue weighted by Gasteiger charge is -2.36. The van der Waals surface area contributed by atoms with Crippen molar-refractivity contribution in [2.75, 3.05) is 46.4 Å². The number of nitrogens with zero attached hydrogens (tertiary/aromatic N) is 3. The van der Waals surface area contributed by atoms with Crippen LogP contribution in [0.4, 0.5) is 0 Å². The summed E-state index contributed by atoms with van der Waals surface area (Å²) in [5.41, 5.74) is 0.413. The fourth-order valence-electron chi connectivity index (χ4n) is 2.79. The molecular formula is C15H25N3O5S. The van der Waals surface area contributed by atoms with Crippen LogP contribution in [0, 0.1) is 0 Å². The van der Waals surface area contributed by atoms with Gasteiger partial charge in [-0.2, -0.15) is 17.0 Å². The van der Waals surface area contributed by atoms with Crippen LogP contribution < -0.4 is 0 Å². The zero-order valence-corrected chi connectivity index (χ0v) is 15.2. The molecule has 1 fully saturated rings. The zero-order valence-electron chi connectivity index (χ0n) is 14.4. The van der Waals surface area contributed by atoms with Gasteiger partial charge in [0.05, 0.1) is 19.9 Å². The summed E-state index contributed by atoms with van der Waals surface area (Å²) >= 11 is 0. The third-order valence-corrected chi connectivity index (χ3v) is 6.39. The molecule has 1 aromatic heterocycles. The summed E-state index contributed by atoms with van der Waals surface area (Å²) in [4.78, 5) is 13.7. The molecule has 0 radical (unpaired) electrons. The molecule has 1 saturated heterocycles. The van der Waals surface area contributed by atoms with Crippen molar-refractivity contribution < 1.29 is 22.4 Å². The number of hydrogen-bond donors (Lipinski definition) is 0. The van der Waals surface area contributed by atoms with Crippen molar-refractivity contribution in [2.45, 2.75) is 20.4 Å². The summed E-state index contributed by atoms with van der Waals surface area (Å²) in [5.74, 6) is 0.114. The second-order valence-electron chi connectivity index (χ2n) is 5.52. The molecule has 0 spiro atoms. The number of furan rings is 1. The number of ether oxygens (including phenoxy) is 1. The Hall–Kier alpha value is -1.42. The molecule has 0 saturated carbocycles. The number of hydrogen-bond acceptors (Lipinski definition) is 6. The summed E-state index contributed by atoms with van der Waals surface area (Å²) < 4.78 is 38.1. The molecule has 1 aliphatic rings. The van der Waals surface area contributed by atoms with Crippen molar-refractivity contribution in [3.05, 3.63) is 23.7 Å². The molecule has 0 unspecified atom stereocenters. The molecule has 0 bridgehead atoms. The minimum Gasteiger partial charge on any atom is -0.467 e. The molecule has 0 aromatic carbocycles. The van der Waals surface area contributed by atoms with Crippen molar-refractivity contribution in [3.63, 3.8) is 0 Å². The molecule has 9 heteroatoms. The van der Waals surface area contributed by atoms with E-state index in [-0.39, 0.29) is 0 Å². The summed E-state index contributed by atoms with van der Waals surface area (Å²) in [6.45, 7) is 7.08. The van der Waals surface area contributed by atoms with Gasteiger partial charge in [0, 0.05) is 39.3 Å². The van der Waals surface area contributed by atoms with Gasteiger partial charge in [-0.25, -0.2) is 4.79 Å². The largest absolute Gasteiger partial charge is 0.467 e. The first-order valence-electron chi connectivity index (χ1n) is 8.06. The van der Waals surface area contributed by atoms with Crippen LogP contribution in [0.25, 0.3) is 0 Å². The minimum absolute atomic E-state index is 0.413. The lowest BCUT2D eigenvalue weighted by Crippen LogP contribution is -2.52. The molecule has 2 rings (SSSR count). The fourth-order valence-corrected chi connectivity index (χ4v) is 4.39. The normalized spacial score (nSPS) is 17.3. The van der Waals surface area contributed by atoms with Crippen LogP contribution in [0.3, 0.4) is 0 Å². The highest BCUT2D eigenvalue weighted by atomic mass is 32.2. The van der Waals surface area contributed by atoms with E-state index in [9.17, 15) is 13.2 Å². The van der Waals surface area contributed by atoms with E-state index in [4.69, 9.17) is 9.15 Å². The van der Waals surface area contributed by atoms with Crippen LogP contribution in [0.1, 0.15) is 30.0 Å². The topological polar surface area (TPSA) is 83.3 Å². The Labute approximate surface area is 143 Å². The highest BCUT2D eigenvalue weighted by molar-refractivity contribution is 7.86. The number of carbonyl (C=O) groups is 1. The van der Waals surface area contributed by atoms with Crippen LogP contribution in [0.2, 0.25) is 0 Å². The van der Waals surface area contributed by atoms with Crippen molar-refractivity contribution in [1.82, 2.24) is 13.5 Å². The maximum atomic E-state index is 12.5. The molecule has 0 amide bonds. The first-order chi connectivity index (χ1) is 11.4. The third-order valence-electron chi connectivity index (χ3n) is 4.21. The van der Waals surface area contributed by atoms with Crippen molar-refractivity contribution in [2.24, 2.45) is 0 Å². The average Bonchev–Trinajstić information content (AvgIpc) is 3.03. The summed E-state index contributed by atoms with van der Waals surface area (Å²) in [5, 5.41) is 0. The molecule has 1 aliphatic heterocycles. The van der Waals surface area contributed by atoms with E-state index in [0.29, 0.717) is 57.1 Å². The molecule has 136 valence electrons. The van der Waals surface area contributed by atoms with Crippen molar-refractivity contribution in [1.29, 1.82) is 0 Å². The Balaban J connectivity index is 1.96. The number of rotatable bonds is 7. The SMILES string of the molecule is CCN(CC)S(=O)(=O)N1CCN(Cc2occc2C(=O)OC)CC1. The maximum absolute atomic E-state index is 12.5. The maximum Gasteiger partial charge on any atom is 0.341 e. The quantitative estimate of drug-likeness (QED) is 0.669. The van der Waals surface area contributed by atoms with Gasteiger partial charge < -0.3 is 9.15 Å². The predicted octanol–water partition coefficient (Wildman–Crippen LogP) is 0.770. The molecule has 0 aliphatic carbocycles. The Bertz CT molecular complexity index is 646. The molecule has 0 N–H and O–H groups in total. The number of methoxy groups -OCH3 is 1. The lowest BCUT2D eigenvalue weighted by atomic mass is 10.2. The van der Waals surface area contributed by atoms with Gasteiger partial charge in [0.2, 0.25) is 0 Å². The zero-order chi connectivity index (χ0) is 17.7. The summed E-state index contributed by atoms with van der Waals surface area (Å²) in [7, 11) is -2.06. The third kappa shape index (κ3) is 3.97. The van der Waals surface area contributed by atoms with Crippen molar-refractivity contribution in [3.8, 4) is 0 Å². The summed E-state index contributed by atoms with van der Waals surface area (Å²) in [6.07, 6.45) is 1.46. The second kappa shape index (κ2) is 8.11. The molecule has 24 heavy (non-hydrogen) atoms. The van der Waals surface area contributed by atoms with Gasteiger partial charge in [0.1, 0.15) is 11.3 Å². The first kappa shape index (κ1) is 18.9. The van der Waals surface area contributed by atoms with Crippen LogP contribution in [-0.2, 0) is 21.5 Å². The van der Waals surface area contributed by atoms with E-state index in [2.05, 4.69) is 4.90 Å². The minimum atomic E-state index is -3.39. The number of esters is 1. The Morgan fingerprint density at radius 3 is 2.42 bits per heavy atom. The first-order valence-corrected chi connectivity index (χ1v) is 9.46. The van der Waals surface area contributed by atoms with E-state index in [1.54, 1.807) is 6.07 Å². The lowest BCUT2D eigenvalue weighted by molar-refractivity contribution is 0.0595. The van der Waals surface area contributed by atoms with Gasteiger partial charge in [0.25, 0.3) is 10.2 Å². The summed E-state index contributed by atoms with van der Waals surface area (Å²) in [6, 6.07) is 1.59. The van der Waals surface area contributed by atoms with E-state index in [1.165, 1.54) is 22.0 Å². The Morgan fingerprint density at radius 2 is 1.88 bits per heavy atom. The van der Waals surface area contributed by atoms with Gasteiger partial charge in [-0.1, -0.05) is 13.8 Å². The number of piperazine rings is 1. The Morgan fingerprint density at radius 1 is 1.25 bits per heavy atom. The predicted molar refractivity (Wildman–Crippen MR) is 88.7 cm³/mol. The second-order valence-corrected chi connectivity index (χ2v) is 7.44. The average molecular weight is 359 g/mol. The van der Waals surface area contributed by atoms with Gasteiger partial charge in [-0.3, -0.25) is 4.90 Å². The smallest absolute Gasteiger partial charge is 0.341 e. The van der Waals surface area contributed by atoms with Gasteiger partial charge in [-0.05, 0) is 6.07 Å². The van der Waals surface area contributed by atoms with Crippen LogP contribution >= 0.6 is 0 Å². The van der Waals surface area contributed by atoms with Gasteiger partial charge >= 0.3 is 5.97 Å². The molecule has 0 atom stereocenters. The monoisotopic (exact) mass is 359 g/mol. The van der Waals surface area contributed by atoms with Gasteiger partial charge in [0.15, 0.2) is 0 Å². The van der Waals surface area contributed by atoms with Crippen LogP contribution in [0.15, 0.2) is 16.7 Å². The fraction of sp³-hybridized carbons (Fsp3) is 0.667. The molecular weight excluding hydrogens is 334 g/mol. The van der Waals surface area contributed by atoms with E-state index >= 15 is 0 Å². The highest BCUT2D eigenvalue weighted by Crippen LogP contribution is 2.17. The van der Waals surface area contributed by atoms with Gasteiger partial charge in [-0.15, -0.1) is 0 Å². The highest BCUT2D eigenvalue weighted by Gasteiger charge is 2.31. The Kier molecular flexibility index (Phi) is 6.39. The van der Waals surface area contributed by atoms with Crippen molar-refractivity contribution >= 4 is 16.2 Å². The molecule has 8 nitrogen and oxygen atoms in total. The molecule has 2 heterocycles. The van der Waals surface area contributed by atoms with E-state index < -0.39 is 16.2 Å².